The van der Waals surface area contributed by atoms with E-state index in [9.17, 15) is 14.4 Å². The SMILES string of the molecule is COc1cc(OC)cc(C(=O)NCC(=O)OCC(=O)N2CCC[C@H](C)C2)c1. The maximum Gasteiger partial charge on any atom is 0.325 e. The van der Waals surface area contributed by atoms with E-state index < -0.39 is 11.9 Å². The molecule has 1 aliphatic heterocycles. The molecule has 2 amide bonds. The molecule has 1 aromatic carbocycles. The molecule has 8 heteroatoms. The van der Waals surface area contributed by atoms with E-state index in [1.807, 2.05) is 0 Å². The van der Waals surface area contributed by atoms with E-state index in [2.05, 4.69) is 12.2 Å². The number of likely N-dealkylation sites (tertiary alicyclic amines) is 1. The molecular formula is C19H26N2O6. The van der Waals surface area contributed by atoms with Gasteiger partial charge in [-0.05, 0) is 30.9 Å². The first-order valence-corrected chi connectivity index (χ1v) is 8.87. The van der Waals surface area contributed by atoms with Gasteiger partial charge in [-0.2, -0.15) is 0 Å². The molecule has 1 N–H and O–H groups in total. The first-order chi connectivity index (χ1) is 12.9. The summed E-state index contributed by atoms with van der Waals surface area (Å²) in [7, 11) is 2.96. The number of esters is 1. The molecule has 148 valence electrons. The minimum atomic E-state index is -0.670. The highest BCUT2D eigenvalue weighted by Crippen LogP contribution is 2.22. The van der Waals surface area contributed by atoms with Gasteiger partial charge in [-0.3, -0.25) is 14.4 Å². The fraction of sp³-hybridized carbons (Fsp3) is 0.526. The number of hydrogen-bond donors (Lipinski definition) is 1. The Labute approximate surface area is 158 Å². The van der Waals surface area contributed by atoms with Gasteiger partial charge in [0, 0.05) is 24.7 Å². The molecule has 1 saturated heterocycles. The first kappa shape index (κ1) is 20.5. The van der Waals surface area contributed by atoms with Crippen LogP contribution in [0.4, 0.5) is 0 Å². The van der Waals surface area contributed by atoms with Gasteiger partial charge >= 0.3 is 5.97 Å². The van der Waals surface area contributed by atoms with E-state index in [-0.39, 0.29) is 24.6 Å². The average Bonchev–Trinajstić information content (AvgIpc) is 2.69. The lowest BCUT2D eigenvalue weighted by molar-refractivity contribution is -0.151. The van der Waals surface area contributed by atoms with Crippen LogP contribution in [0.3, 0.4) is 0 Å². The van der Waals surface area contributed by atoms with Crippen LogP contribution >= 0.6 is 0 Å². The number of nitrogens with one attached hydrogen (secondary N) is 1. The summed E-state index contributed by atoms with van der Waals surface area (Å²) in [6.45, 7) is 2.82. The summed E-state index contributed by atoms with van der Waals surface area (Å²) in [6, 6.07) is 4.70. The quantitative estimate of drug-likeness (QED) is 0.718. The Morgan fingerprint density at radius 3 is 2.41 bits per heavy atom. The number of rotatable bonds is 7. The standard InChI is InChI=1S/C19H26N2O6/c1-13-5-4-6-21(11-13)17(22)12-27-18(23)10-20-19(24)14-7-15(25-2)9-16(8-14)26-3/h7-9,13H,4-6,10-12H2,1-3H3,(H,20,24)/t13-/m0/s1. The Kier molecular flexibility index (Phi) is 7.45. The van der Waals surface area contributed by atoms with Gasteiger partial charge in [-0.15, -0.1) is 0 Å². The molecule has 27 heavy (non-hydrogen) atoms. The summed E-state index contributed by atoms with van der Waals surface area (Å²) in [6.07, 6.45) is 2.06. The smallest absolute Gasteiger partial charge is 0.325 e. The van der Waals surface area contributed by atoms with Gasteiger partial charge in [0.1, 0.15) is 18.0 Å². The zero-order chi connectivity index (χ0) is 19.8. The van der Waals surface area contributed by atoms with Crippen LogP contribution in [0.15, 0.2) is 18.2 Å². The van der Waals surface area contributed by atoms with Crippen molar-refractivity contribution in [3.05, 3.63) is 23.8 Å². The molecular weight excluding hydrogens is 352 g/mol. The second-order valence-corrected chi connectivity index (χ2v) is 6.53. The van der Waals surface area contributed by atoms with Crippen LogP contribution in [0.5, 0.6) is 11.5 Å². The Morgan fingerprint density at radius 1 is 1.15 bits per heavy atom. The maximum atomic E-state index is 12.2. The van der Waals surface area contributed by atoms with E-state index in [0.29, 0.717) is 30.5 Å². The molecule has 0 bridgehead atoms. The molecule has 2 rings (SSSR count). The van der Waals surface area contributed by atoms with Crippen LogP contribution in [0.2, 0.25) is 0 Å². The molecule has 1 heterocycles. The summed E-state index contributed by atoms with van der Waals surface area (Å²) in [5.74, 6) is 0.0279. The van der Waals surface area contributed by atoms with Crippen LogP contribution in [0.25, 0.3) is 0 Å². The topological polar surface area (TPSA) is 94.2 Å². The number of hydrogen-bond acceptors (Lipinski definition) is 6. The summed E-state index contributed by atoms with van der Waals surface area (Å²) < 4.78 is 15.2. The third-order valence-corrected chi connectivity index (χ3v) is 4.37. The number of methoxy groups -OCH3 is 2. The van der Waals surface area contributed by atoms with E-state index >= 15 is 0 Å². The van der Waals surface area contributed by atoms with E-state index in [0.717, 1.165) is 12.8 Å². The van der Waals surface area contributed by atoms with Crippen LogP contribution in [-0.2, 0) is 14.3 Å². The Morgan fingerprint density at radius 2 is 1.81 bits per heavy atom. The van der Waals surface area contributed by atoms with Crippen molar-refractivity contribution < 1.29 is 28.6 Å². The van der Waals surface area contributed by atoms with Gasteiger partial charge in [0.2, 0.25) is 0 Å². The fourth-order valence-corrected chi connectivity index (χ4v) is 2.89. The number of carbonyl (C=O) groups is 3. The number of amides is 2. The highest BCUT2D eigenvalue weighted by molar-refractivity contribution is 5.96. The number of piperidine rings is 1. The van der Waals surface area contributed by atoms with Crippen molar-refractivity contribution in [3.63, 3.8) is 0 Å². The molecule has 1 aliphatic rings. The van der Waals surface area contributed by atoms with Gasteiger partial charge in [0.15, 0.2) is 6.61 Å². The third kappa shape index (κ3) is 6.16. The van der Waals surface area contributed by atoms with Crippen molar-refractivity contribution in [2.24, 2.45) is 5.92 Å². The second kappa shape index (κ2) is 9.80. The molecule has 1 fully saturated rings. The lowest BCUT2D eigenvalue weighted by Crippen LogP contribution is -2.42. The van der Waals surface area contributed by atoms with Crippen molar-refractivity contribution in [1.29, 1.82) is 0 Å². The molecule has 0 aliphatic carbocycles. The molecule has 0 radical (unpaired) electrons. The maximum absolute atomic E-state index is 12.2. The van der Waals surface area contributed by atoms with Gasteiger partial charge in [0.05, 0.1) is 14.2 Å². The normalized spacial score (nSPS) is 16.4. The average molecular weight is 378 g/mol. The van der Waals surface area contributed by atoms with Crippen LogP contribution < -0.4 is 14.8 Å². The minimum absolute atomic E-state index is 0.209. The predicted molar refractivity (Wildman–Crippen MR) is 97.8 cm³/mol. The first-order valence-electron chi connectivity index (χ1n) is 8.87. The van der Waals surface area contributed by atoms with E-state index in [4.69, 9.17) is 14.2 Å². The molecule has 0 saturated carbocycles. The number of nitrogens with zero attached hydrogens (tertiary/aromatic N) is 1. The van der Waals surface area contributed by atoms with Gasteiger partial charge in [-0.25, -0.2) is 0 Å². The Balaban J connectivity index is 1.79. The summed E-state index contributed by atoms with van der Waals surface area (Å²) >= 11 is 0. The predicted octanol–water partition coefficient (Wildman–Crippen LogP) is 1.24. The monoisotopic (exact) mass is 378 g/mol. The van der Waals surface area contributed by atoms with Crippen LogP contribution in [0, 0.1) is 5.92 Å². The highest BCUT2D eigenvalue weighted by atomic mass is 16.5. The van der Waals surface area contributed by atoms with Gasteiger partial charge < -0.3 is 24.4 Å². The number of carbonyl (C=O) groups excluding carboxylic acids is 3. The number of benzene rings is 1. The zero-order valence-corrected chi connectivity index (χ0v) is 15.9. The molecule has 1 atom stereocenters. The lowest BCUT2D eigenvalue weighted by atomic mass is 10.0. The Bertz CT molecular complexity index is 669. The van der Waals surface area contributed by atoms with E-state index in [1.165, 1.54) is 26.4 Å². The van der Waals surface area contributed by atoms with Crippen molar-refractivity contribution in [2.75, 3.05) is 40.5 Å². The van der Waals surface area contributed by atoms with Crippen LogP contribution in [0.1, 0.15) is 30.1 Å². The molecule has 8 nitrogen and oxygen atoms in total. The molecule has 1 aromatic rings. The van der Waals surface area contributed by atoms with Gasteiger partial charge in [-0.1, -0.05) is 6.92 Å². The summed E-state index contributed by atoms with van der Waals surface area (Å²) in [5, 5.41) is 2.46. The highest BCUT2D eigenvalue weighted by Gasteiger charge is 2.22. The zero-order valence-electron chi connectivity index (χ0n) is 15.9. The van der Waals surface area contributed by atoms with Crippen molar-refractivity contribution in [3.8, 4) is 11.5 Å². The molecule has 0 aromatic heterocycles. The lowest BCUT2D eigenvalue weighted by Gasteiger charge is -2.30. The van der Waals surface area contributed by atoms with Crippen LogP contribution in [-0.4, -0.2) is 63.1 Å². The second-order valence-electron chi connectivity index (χ2n) is 6.53. The largest absolute Gasteiger partial charge is 0.497 e. The van der Waals surface area contributed by atoms with Crippen molar-refractivity contribution >= 4 is 17.8 Å². The summed E-state index contributed by atoms with van der Waals surface area (Å²) in [4.78, 5) is 37.8. The Hall–Kier alpha value is -2.77. The van der Waals surface area contributed by atoms with E-state index in [1.54, 1.807) is 11.0 Å². The summed E-state index contributed by atoms with van der Waals surface area (Å²) in [5.41, 5.74) is 0.289. The molecule has 0 spiro atoms. The minimum Gasteiger partial charge on any atom is -0.497 e. The number of ether oxygens (including phenoxy) is 3. The third-order valence-electron chi connectivity index (χ3n) is 4.37. The van der Waals surface area contributed by atoms with Crippen molar-refractivity contribution in [1.82, 2.24) is 10.2 Å². The molecule has 0 unspecified atom stereocenters. The van der Waals surface area contributed by atoms with Crippen molar-refractivity contribution in [2.45, 2.75) is 19.8 Å². The van der Waals surface area contributed by atoms with Gasteiger partial charge in [0.25, 0.3) is 11.8 Å². The fourth-order valence-electron chi connectivity index (χ4n) is 2.89.